The highest BCUT2D eigenvalue weighted by Crippen LogP contribution is 2.41. The summed E-state index contributed by atoms with van der Waals surface area (Å²) in [4.78, 5) is 16.2. The van der Waals surface area contributed by atoms with Gasteiger partial charge >= 0.3 is 0 Å². The molecule has 1 aliphatic rings. The summed E-state index contributed by atoms with van der Waals surface area (Å²) < 4.78 is 5.13. The number of hydrogen-bond donors (Lipinski definition) is 2. The van der Waals surface area contributed by atoms with E-state index >= 15 is 0 Å². The minimum atomic E-state index is -0.309. The first-order valence-corrected chi connectivity index (χ1v) is 6.51. The minimum absolute atomic E-state index is 0.0668. The Bertz CT molecular complexity index is 401. The van der Waals surface area contributed by atoms with Crippen LogP contribution in [0, 0.1) is 5.41 Å². The predicted molar refractivity (Wildman–Crippen MR) is 66.5 cm³/mol. The first kappa shape index (κ1) is 12.3. The number of aromatic nitrogens is 1. The second-order valence-corrected chi connectivity index (χ2v) is 5.32. The van der Waals surface area contributed by atoms with E-state index < -0.39 is 0 Å². The fourth-order valence-corrected chi connectivity index (χ4v) is 2.64. The number of methoxy groups -OCH3 is 1. The van der Waals surface area contributed by atoms with E-state index in [4.69, 9.17) is 10.5 Å². The Balaban J connectivity index is 1.88. The lowest BCUT2D eigenvalue weighted by Crippen LogP contribution is -2.48. The molecule has 1 heterocycles. The number of nitrogens with two attached hydrogens (primary N) is 1. The molecule has 0 unspecified atom stereocenters. The van der Waals surface area contributed by atoms with Gasteiger partial charge in [-0.1, -0.05) is 6.42 Å². The highest BCUT2D eigenvalue weighted by molar-refractivity contribution is 7.13. The predicted octanol–water partition coefficient (Wildman–Crippen LogP) is 1.16. The number of carbonyl (C=O) groups excluding carboxylic acids is 1. The molecule has 17 heavy (non-hydrogen) atoms. The molecule has 94 valence electrons. The summed E-state index contributed by atoms with van der Waals surface area (Å²) in [6.07, 6.45) is 2.91. The summed E-state index contributed by atoms with van der Waals surface area (Å²) in [7, 11) is 1.63. The number of nitrogens with one attached hydrogen (secondary N) is 1. The Morgan fingerprint density at radius 1 is 1.71 bits per heavy atom. The lowest BCUT2D eigenvalue weighted by Gasteiger charge is -2.39. The smallest absolute Gasteiger partial charge is 0.228 e. The normalized spacial score (nSPS) is 17.5. The molecule has 1 aromatic rings. The van der Waals surface area contributed by atoms with Crippen molar-refractivity contribution in [1.29, 1.82) is 0 Å². The molecule has 1 aliphatic carbocycles. The topological polar surface area (TPSA) is 77.2 Å². The average molecular weight is 255 g/mol. The van der Waals surface area contributed by atoms with Crippen LogP contribution in [-0.2, 0) is 16.1 Å². The Labute approximate surface area is 104 Å². The third-order valence-corrected chi connectivity index (χ3v) is 3.94. The molecule has 5 nitrogen and oxygen atoms in total. The number of amides is 1. The third-order valence-electron chi connectivity index (χ3n) is 3.21. The maximum atomic E-state index is 12.1. The minimum Gasteiger partial charge on any atom is -0.384 e. The Morgan fingerprint density at radius 3 is 2.94 bits per heavy atom. The summed E-state index contributed by atoms with van der Waals surface area (Å²) >= 11 is 1.38. The fourth-order valence-electron chi connectivity index (χ4n) is 2.08. The number of thiazole rings is 1. The second kappa shape index (κ2) is 5.01. The zero-order valence-corrected chi connectivity index (χ0v) is 10.7. The van der Waals surface area contributed by atoms with E-state index in [1.54, 1.807) is 7.11 Å². The SMILES string of the molecule is COCC1(C(=O)NCc2csc(N)n2)CCC1. The van der Waals surface area contributed by atoms with Gasteiger partial charge in [0.2, 0.25) is 5.91 Å². The molecular formula is C11H17N3O2S. The van der Waals surface area contributed by atoms with Crippen LogP contribution in [0.3, 0.4) is 0 Å². The van der Waals surface area contributed by atoms with Gasteiger partial charge in [-0.2, -0.15) is 0 Å². The summed E-state index contributed by atoms with van der Waals surface area (Å²) in [6, 6.07) is 0. The Morgan fingerprint density at radius 2 is 2.47 bits per heavy atom. The molecule has 1 fully saturated rings. The summed E-state index contributed by atoms with van der Waals surface area (Å²) in [5.74, 6) is 0.0668. The first-order valence-electron chi connectivity index (χ1n) is 5.63. The maximum Gasteiger partial charge on any atom is 0.228 e. The number of hydrogen-bond acceptors (Lipinski definition) is 5. The molecule has 6 heteroatoms. The Kier molecular flexibility index (Phi) is 3.63. The van der Waals surface area contributed by atoms with Gasteiger partial charge in [-0.15, -0.1) is 11.3 Å². The van der Waals surface area contributed by atoms with Crippen molar-refractivity contribution >= 4 is 22.4 Å². The number of nitrogens with zero attached hydrogens (tertiary/aromatic N) is 1. The monoisotopic (exact) mass is 255 g/mol. The molecule has 0 aromatic carbocycles. The van der Waals surface area contributed by atoms with E-state index in [-0.39, 0.29) is 11.3 Å². The molecule has 1 saturated carbocycles. The summed E-state index contributed by atoms with van der Waals surface area (Å²) in [5, 5.41) is 5.30. The van der Waals surface area contributed by atoms with Gasteiger partial charge in [-0.05, 0) is 12.8 Å². The number of carbonyl (C=O) groups is 1. The summed E-state index contributed by atoms with van der Waals surface area (Å²) in [5.41, 5.74) is 6.03. The van der Waals surface area contributed by atoms with Crippen LogP contribution < -0.4 is 11.1 Å². The van der Waals surface area contributed by atoms with Crippen molar-refractivity contribution in [3.05, 3.63) is 11.1 Å². The standard InChI is InChI=1S/C11H17N3O2S/c1-16-7-11(3-2-4-11)9(15)13-5-8-6-17-10(12)14-8/h6H,2-5,7H2,1H3,(H2,12,14)(H,13,15). The van der Waals surface area contributed by atoms with Gasteiger partial charge in [-0.25, -0.2) is 4.98 Å². The molecule has 1 aromatic heterocycles. The van der Waals surface area contributed by atoms with Crippen LogP contribution in [0.1, 0.15) is 25.0 Å². The van der Waals surface area contributed by atoms with Crippen LogP contribution in [0.5, 0.6) is 0 Å². The van der Waals surface area contributed by atoms with Crippen molar-refractivity contribution in [3.63, 3.8) is 0 Å². The maximum absolute atomic E-state index is 12.1. The van der Waals surface area contributed by atoms with Crippen LogP contribution in [0.25, 0.3) is 0 Å². The first-order chi connectivity index (χ1) is 8.16. The molecule has 3 N–H and O–H groups in total. The number of anilines is 1. The molecule has 0 atom stereocenters. The molecule has 0 aliphatic heterocycles. The lowest BCUT2D eigenvalue weighted by atomic mass is 9.68. The van der Waals surface area contributed by atoms with E-state index in [2.05, 4.69) is 10.3 Å². The third kappa shape index (κ3) is 2.58. The number of nitrogen functional groups attached to an aromatic ring is 1. The van der Waals surface area contributed by atoms with E-state index in [1.807, 2.05) is 5.38 Å². The van der Waals surface area contributed by atoms with Gasteiger partial charge in [0.1, 0.15) is 0 Å². The molecule has 1 amide bonds. The van der Waals surface area contributed by atoms with Crippen molar-refractivity contribution in [2.45, 2.75) is 25.8 Å². The number of rotatable bonds is 5. The molecule has 0 spiro atoms. The van der Waals surface area contributed by atoms with Crippen LogP contribution >= 0.6 is 11.3 Å². The largest absolute Gasteiger partial charge is 0.384 e. The molecule has 0 radical (unpaired) electrons. The Hall–Kier alpha value is -1.14. The quantitative estimate of drug-likeness (QED) is 0.827. The fraction of sp³-hybridized carbons (Fsp3) is 0.636. The van der Waals surface area contributed by atoms with E-state index in [9.17, 15) is 4.79 Å². The molecule has 2 rings (SSSR count). The van der Waals surface area contributed by atoms with Crippen LogP contribution in [0.2, 0.25) is 0 Å². The van der Waals surface area contributed by atoms with Crippen LogP contribution in [-0.4, -0.2) is 24.6 Å². The van der Waals surface area contributed by atoms with Crippen molar-refractivity contribution < 1.29 is 9.53 Å². The van der Waals surface area contributed by atoms with Crippen molar-refractivity contribution in [1.82, 2.24) is 10.3 Å². The zero-order valence-electron chi connectivity index (χ0n) is 9.86. The van der Waals surface area contributed by atoms with Crippen LogP contribution in [0.15, 0.2) is 5.38 Å². The molecule has 0 saturated heterocycles. The summed E-state index contributed by atoms with van der Waals surface area (Å²) in [6.45, 7) is 0.941. The van der Waals surface area contributed by atoms with Crippen molar-refractivity contribution in [2.24, 2.45) is 5.41 Å². The highest BCUT2D eigenvalue weighted by atomic mass is 32.1. The average Bonchev–Trinajstić information content (AvgIpc) is 2.66. The zero-order chi connectivity index (χ0) is 12.3. The highest BCUT2D eigenvalue weighted by Gasteiger charge is 2.43. The van der Waals surface area contributed by atoms with E-state index in [0.29, 0.717) is 18.3 Å². The van der Waals surface area contributed by atoms with Gasteiger partial charge in [0, 0.05) is 12.5 Å². The number of ether oxygens (including phenoxy) is 1. The molecular weight excluding hydrogens is 238 g/mol. The van der Waals surface area contributed by atoms with Crippen LogP contribution in [0.4, 0.5) is 5.13 Å². The van der Waals surface area contributed by atoms with Gasteiger partial charge < -0.3 is 15.8 Å². The molecule has 0 bridgehead atoms. The van der Waals surface area contributed by atoms with E-state index in [1.165, 1.54) is 11.3 Å². The van der Waals surface area contributed by atoms with Crippen molar-refractivity contribution in [3.8, 4) is 0 Å². The van der Waals surface area contributed by atoms with Gasteiger partial charge in [0.05, 0.1) is 24.3 Å². The van der Waals surface area contributed by atoms with Gasteiger partial charge in [-0.3, -0.25) is 4.79 Å². The lowest BCUT2D eigenvalue weighted by molar-refractivity contribution is -0.140. The van der Waals surface area contributed by atoms with Crippen molar-refractivity contribution in [2.75, 3.05) is 19.5 Å². The van der Waals surface area contributed by atoms with E-state index in [0.717, 1.165) is 25.0 Å². The van der Waals surface area contributed by atoms with Gasteiger partial charge in [0.25, 0.3) is 0 Å². The second-order valence-electron chi connectivity index (χ2n) is 4.43. The van der Waals surface area contributed by atoms with Gasteiger partial charge in [0.15, 0.2) is 5.13 Å².